The molecule has 0 saturated heterocycles. The van der Waals surface area contributed by atoms with Crippen LogP contribution in [0.4, 0.5) is 4.39 Å². The molecule has 0 atom stereocenters. The van der Waals surface area contributed by atoms with Gasteiger partial charge in [0, 0.05) is 11.4 Å². The molecule has 27 heavy (non-hydrogen) atoms. The van der Waals surface area contributed by atoms with E-state index in [2.05, 4.69) is 37.3 Å². The van der Waals surface area contributed by atoms with E-state index in [-0.39, 0.29) is 5.82 Å². The van der Waals surface area contributed by atoms with Crippen LogP contribution in [0.1, 0.15) is 18.1 Å². The summed E-state index contributed by atoms with van der Waals surface area (Å²) in [5.41, 5.74) is 5.79. The Morgan fingerprint density at radius 1 is 0.667 bits per heavy atom. The monoisotopic (exact) mass is 374 g/mol. The lowest BCUT2D eigenvalue weighted by molar-refractivity contribution is 0.632. The van der Waals surface area contributed by atoms with Gasteiger partial charge in [-0.3, -0.25) is 0 Å². The summed E-state index contributed by atoms with van der Waals surface area (Å²) in [6, 6.07) is 25.9. The fourth-order valence-electron chi connectivity index (χ4n) is 3.41. The minimum absolute atomic E-state index is 0.205. The minimum Gasteiger partial charge on any atom is -0.206 e. The van der Waals surface area contributed by atoms with Crippen molar-refractivity contribution in [3.63, 3.8) is 0 Å². The van der Waals surface area contributed by atoms with E-state index in [0.717, 1.165) is 39.4 Å². The predicted octanol–water partition coefficient (Wildman–Crippen LogP) is 7.61. The molecule has 0 amide bonds. The maximum Gasteiger partial charge on any atom is 0.131 e. The van der Waals surface area contributed by atoms with Crippen molar-refractivity contribution in [1.29, 1.82) is 0 Å². The molecule has 0 saturated carbocycles. The highest BCUT2D eigenvalue weighted by Crippen LogP contribution is 2.30. The second kappa shape index (κ2) is 7.54. The molecule has 0 fully saturated rings. The van der Waals surface area contributed by atoms with Gasteiger partial charge in [-0.15, -0.1) is 11.6 Å². The molecule has 0 radical (unpaired) electrons. The summed E-state index contributed by atoms with van der Waals surface area (Å²) >= 11 is 5.91. The molecule has 0 aromatic heterocycles. The first-order valence-electron chi connectivity index (χ1n) is 9.16. The second-order valence-corrected chi connectivity index (χ2v) is 7.04. The van der Waals surface area contributed by atoms with Gasteiger partial charge in [-0.1, -0.05) is 67.6 Å². The van der Waals surface area contributed by atoms with Crippen LogP contribution in [0, 0.1) is 5.82 Å². The van der Waals surface area contributed by atoms with E-state index < -0.39 is 0 Å². The first-order valence-corrected chi connectivity index (χ1v) is 9.69. The third-order valence-corrected chi connectivity index (χ3v) is 5.34. The molecule has 134 valence electrons. The first-order chi connectivity index (χ1) is 13.2. The molecule has 4 aromatic rings. The van der Waals surface area contributed by atoms with E-state index in [1.807, 2.05) is 42.5 Å². The minimum atomic E-state index is -0.205. The van der Waals surface area contributed by atoms with Crippen molar-refractivity contribution in [2.75, 3.05) is 0 Å². The molecule has 4 aromatic carbocycles. The van der Waals surface area contributed by atoms with Gasteiger partial charge in [0.05, 0.1) is 0 Å². The van der Waals surface area contributed by atoms with Gasteiger partial charge >= 0.3 is 0 Å². The van der Waals surface area contributed by atoms with Gasteiger partial charge in [0.25, 0.3) is 0 Å². The van der Waals surface area contributed by atoms with Crippen LogP contribution < -0.4 is 0 Å². The van der Waals surface area contributed by atoms with Crippen molar-refractivity contribution in [3.05, 3.63) is 95.8 Å². The fourth-order valence-corrected chi connectivity index (χ4v) is 3.57. The van der Waals surface area contributed by atoms with Crippen molar-refractivity contribution < 1.29 is 4.39 Å². The summed E-state index contributed by atoms with van der Waals surface area (Å²) in [6.07, 6.45) is 1.00. The molecule has 0 heterocycles. The summed E-state index contributed by atoms with van der Waals surface area (Å²) in [5.74, 6) is 0.288. The van der Waals surface area contributed by atoms with Gasteiger partial charge in [-0.2, -0.15) is 0 Å². The Morgan fingerprint density at radius 3 is 2.00 bits per heavy atom. The lowest BCUT2D eigenvalue weighted by Gasteiger charge is -2.09. The van der Waals surface area contributed by atoms with Crippen LogP contribution in [-0.4, -0.2) is 0 Å². The maximum atomic E-state index is 14.9. The molecular formula is C25H20ClF. The van der Waals surface area contributed by atoms with Crippen LogP contribution >= 0.6 is 11.6 Å². The lowest BCUT2D eigenvalue weighted by atomic mass is 9.97. The Labute approximate surface area is 164 Å². The Balaban J connectivity index is 1.70. The molecule has 2 heteroatoms. The summed E-state index contributed by atoms with van der Waals surface area (Å²) in [4.78, 5) is 0. The Hall–Kier alpha value is -2.64. The molecule has 0 nitrogen and oxygen atoms in total. The van der Waals surface area contributed by atoms with Gasteiger partial charge in [0.2, 0.25) is 0 Å². The highest BCUT2D eigenvalue weighted by Gasteiger charge is 2.09. The van der Waals surface area contributed by atoms with Crippen molar-refractivity contribution >= 4 is 22.4 Å². The molecule has 0 spiro atoms. The Morgan fingerprint density at radius 2 is 1.30 bits per heavy atom. The van der Waals surface area contributed by atoms with Gasteiger partial charge in [-0.05, 0) is 63.2 Å². The number of halogens is 2. The Kier molecular flexibility index (Phi) is 4.96. The van der Waals surface area contributed by atoms with Crippen LogP contribution in [0.15, 0.2) is 78.9 Å². The third kappa shape index (κ3) is 3.61. The molecule has 0 aliphatic carbocycles. The van der Waals surface area contributed by atoms with Crippen molar-refractivity contribution in [2.45, 2.75) is 19.2 Å². The predicted molar refractivity (Wildman–Crippen MR) is 114 cm³/mol. The number of hydrogen-bond donors (Lipinski definition) is 0. The number of rotatable bonds is 4. The highest BCUT2D eigenvalue weighted by atomic mass is 35.5. The molecular weight excluding hydrogens is 355 g/mol. The topological polar surface area (TPSA) is 0 Å². The van der Waals surface area contributed by atoms with E-state index >= 15 is 0 Å². The van der Waals surface area contributed by atoms with E-state index in [9.17, 15) is 4.39 Å². The summed E-state index contributed by atoms with van der Waals surface area (Å²) in [7, 11) is 0. The van der Waals surface area contributed by atoms with Gasteiger partial charge in [0.1, 0.15) is 5.82 Å². The van der Waals surface area contributed by atoms with Crippen LogP contribution in [0.3, 0.4) is 0 Å². The zero-order chi connectivity index (χ0) is 18.8. The van der Waals surface area contributed by atoms with Gasteiger partial charge in [0.15, 0.2) is 0 Å². The molecule has 0 bridgehead atoms. The molecule has 0 N–H and O–H groups in total. The first kappa shape index (κ1) is 17.8. The van der Waals surface area contributed by atoms with Crippen molar-refractivity contribution in [3.8, 4) is 22.3 Å². The summed E-state index contributed by atoms with van der Waals surface area (Å²) < 4.78 is 14.9. The zero-order valence-corrected chi connectivity index (χ0v) is 15.9. The number of hydrogen-bond acceptors (Lipinski definition) is 0. The quantitative estimate of drug-likeness (QED) is 0.322. The van der Waals surface area contributed by atoms with Crippen LogP contribution in [0.25, 0.3) is 33.0 Å². The fraction of sp³-hybridized carbons (Fsp3) is 0.120. The molecule has 0 aliphatic rings. The van der Waals surface area contributed by atoms with E-state index in [4.69, 9.17) is 11.6 Å². The smallest absolute Gasteiger partial charge is 0.131 e. The third-order valence-electron chi connectivity index (χ3n) is 5.03. The molecule has 0 unspecified atom stereocenters. The van der Waals surface area contributed by atoms with Crippen molar-refractivity contribution in [2.24, 2.45) is 0 Å². The normalized spacial score (nSPS) is 11.1. The Bertz CT molecular complexity index is 1100. The van der Waals surface area contributed by atoms with Crippen LogP contribution in [-0.2, 0) is 12.3 Å². The van der Waals surface area contributed by atoms with E-state index in [0.29, 0.717) is 11.4 Å². The molecule has 0 aliphatic heterocycles. The van der Waals surface area contributed by atoms with Gasteiger partial charge in [-0.25, -0.2) is 4.39 Å². The summed E-state index contributed by atoms with van der Waals surface area (Å²) in [6.45, 7) is 2.13. The second-order valence-electron chi connectivity index (χ2n) is 6.78. The number of alkyl halides is 1. The standard InChI is InChI=1S/C25H20ClF/c1-2-17-3-6-19(7-4-17)22-11-12-24(25(27)15-22)23-10-9-20-13-18(16-26)5-8-21(20)14-23/h3-15H,2,16H2,1H3. The number of aryl methyl sites for hydroxylation is 1. The molecule has 4 rings (SSSR count). The van der Waals surface area contributed by atoms with Crippen LogP contribution in [0.5, 0.6) is 0 Å². The number of fused-ring (bicyclic) bond motifs is 1. The van der Waals surface area contributed by atoms with Gasteiger partial charge < -0.3 is 0 Å². The lowest BCUT2D eigenvalue weighted by Crippen LogP contribution is -1.88. The van der Waals surface area contributed by atoms with Crippen LogP contribution in [0.2, 0.25) is 0 Å². The summed E-state index contributed by atoms with van der Waals surface area (Å²) in [5, 5.41) is 2.20. The average molecular weight is 375 g/mol. The zero-order valence-electron chi connectivity index (χ0n) is 15.2. The largest absolute Gasteiger partial charge is 0.206 e. The van der Waals surface area contributed by atoms with E-state index in [1.165, 1.54) is 5.56 Å². The average Bonchev–Trinajstić information content (AvgIpc) is 2.73. The van der Waals surface area contributed by atoms with Crippen molar-refractivity contribution in [1.82, 2.24) is 0 Å². The SMILES string of the molecule is CCc1ccc(-c2ccc(-c3ccc4cc(CCl)ccc4c3)c(F)c2)cc1. The van der Waals surface area contributed by atoms with E-state index in [1.54, 1.807) is 6.07 Å². The maximum absolute atomic E-state index is 14.9. The number of benzene rings is 4. The highest BCUT2D eigenvalue weighted by molar-refractivity contribution is 6.17.